The molecule has 0 bridgehead atoms. The Morgan fingerprint density at radius 3 is 2.53 bits per heavy atom. The third-order valence-corrected chi connectivity index (χ3v) is 9.09. The topological polar surface area (TPSA) is 78.1 Å². The van der Waals surface area contributed by atoms with Crippen LogP contribution in [0.4, 0.5) is 18.9 Å². The first-order valence-corrected chi connectivity index (χ1v) is 13.4. The van der Waals surface area contributed by atoms with Gasteiger partial charge in [0.05, 0.1) is 22.5 Å². The van der Waals surface area contributed by atoms with Crippen LogP contribution in [0.15, 0.2) is 72.8 Å². The van der Waals surface area contributed by atoms with E-state index >= 15 is 0 Å². The fourth-order valence-corrected chi connectivity index (χ4v) is 7.84. The average Bonchev–Trinajstić information content (AvgIpc) is 3.66. The number of para-hydroxylation sites is 3. The molecule has 1 aromatic heterocycles. The number of imidazole rings is 1. The molecule has 3 aliphatic rings. The standard InChI is InChI=1S/C28H21F3N4O2S/c29-28(30,31)16-11-9-15(10-12-16)22-21-13-38-14-35(21)27(17-5-1-2-6-18(17)34-26(27)37)23(22)24(36)25-32-19-7-3-4-8-20(19)33-25/h1-12,21-23H,13-14H2,(H,32,33)(H,34,37)/t21?,22?,23?,27-/m1/s1. The summed E-state index contributed by atoms with van der Waals surface area (Å²) in [4.78, 5) is 38.2. The smallest absolute Gasteiger partial charge is 0.335 e. The van der Waals surface area contributed by atoms with Crippen molar-refractivity contribution in [1.82, 2.24) is 14.9 Å². The summed E-state index contributed by atoms with van der Waals surface area (Å²) in [5, 5.41) is 2.99. The normalized spacial score (nSPS) is 26.6. The van der Waals surface area contributed by atoms with Gasteiger partial charge in [-0.25, -0.2) is 4.98 Å². The molecule has 2 N–H and O–H groups in total. The quantitative estimate of drug-likeness (QED) is 0.344. The van der Waals surface area contributed by atoms with Gasteiger partial charge in [0, 0.05) is 34.8 Å². The maximum atomic E-state index is 14.5. The van der Waals surface area contributed by atoms with Crippen molar-refractivity contribution in [1.29, 1.82) is 0 Å². The van der Waals surface area contributed by atoms with E-state index in [4.69, 9.17) is 0 Å². The number of nitrogens with one attached hydrogen (secondary N) is 2. The van der Waals surface area contributed by atoms with Gasteiger partial charge in [-0.3, -0.25) is 14.5 Å². The van der Waals surface area contributed by atoms with Crippen molar-refractivity contribution in [3.8, 4) is 0 Å². The second-order valence-corrected chi connectivity index (χ2v) is 10.9. The van der Waals surface area contributed by atoms with Crippen LogP contribution in [-0.4, -0.2) is 44.2 Å². The molecule has 192 valence electrons. The Labute approximate surface area is 219 Å². The van der Waals surface area contributed by atoms with Gasteiger partial charge in [0.1, 0.15) is 5.54 Å². The van der Waals surface area contributed by atoms with E-state index in [1.165, 1.54) is 12.1 Å². The molecule has 3 unspecified atom stereocenters. The Hall–Kier alpha value is -3.63. The van der Waals surface area contributed by atoms with E-state index in [-0.39, 0.29) is 23.6 Å². The maximum Gasteiger partial charge on any atom is 0.416 e. The summed E-state index contributed by atoms with van der Waals surface area (Å²) in [7, 11) is 0. The molecule has 1 amide bonds. The van der Waals surface area contributed by atoms with Crippen LogP contribution >= 0.6 is 11.8 Å². The summed E-state index contributed by atoms with van der Waals surface area (Å²) in [5.41, 5.74) is 1.20. The highest BCUT2D eigenvalue weighted by Crippen LogP contribution is 2.61. The summed E-state index contributed by atoms with van der Waals surface area (Å²) in [6.07, 6.45) is -4.47. The lowest BCUT2D eigenvalue weighted by Gasteiger charge is -2.36. The van der Waals surface area contributed by atoms with Crippen LogP contribution in [0.5, 0.6) is 0 Å². The number of Topliss-reactive ketones (excluding diaryl/α,β-unsaturated/α-hetero) is 1. The lowest BCUT2D eigenvalue weighted by molar-refractivity contribution is -0.137. The first kappa shape index (κ1) is 23.5. The van der Waals surface area contributed by atoms with Crippen molar-refractivity contribution >= 4 is 40.2 Å². The molecule has 3 aliphatic heterocycles. The molecule has 4 atom stereocenters. The van der Waals surface area contributed by atoms with Gasteiger partial charge in [-0.15, -0.1) is 11.8 Å². The number of alkyl halides is 3. The van der Waals surface area contributed by atoms with Gasteiger partial charge in [-0.05, 0) is 35.9 Å². The minimum atomic E-state index is -4.47. The van der Waals surface area contributed by atoms with Gasteiger partial charge in [0.2, 0.25) is 11.7 Å². The van der Waals surface area contributed by atoms with E-state index in [0.29, 0.717) is 39.5 Å². The minimum absolute atomic E-state index is 0.137. The van der Waals surface area contributed by atoms with Crippen LogP contribution in [0, 0.1) is 5.92 Å². The largest absolute Gasteiger partial charge is 0.416 e. The summed E-state index contributed by atoms with van der Waals surface area (Å²) in [6, 6.07) is 19.4. The number of H-pyrrole nitrogens is 1. The first-order valence-electron chi connectivity index (χ1n) is 12.2. The number of thioether (sulfide) groups is 1. The van der Waals surface area contributed by atoms with E-state index in [1.54, 1.807) is 17.8 Å². The number of nitrogens with zero attached hydrogens (tertiary/aromatic N) is 2. The zero-order valence-electron chi connectivity index (χ0n) is 19.8. The number of aromatic nitrogens is 2. The third-order valence-electron chi connectivity index (χ3n) is 8.06. The van der Waals surface area contributed by atoms with Crippen LogP contribution in [-0.2, 0) is 16.5 Å². The number of hydrogen-bond donors (Lipinski definition) is 2. The lowest BCUT2D eigenvalue weighted by atomic mass is 9.70. The van der Waals surface area contributed by atoms with E-state index in [1.807, 2.05) is 42.5 Å². The molecular weight excluding hydrogens is 513 g/mol. The Morgan fingerprint density at radius 2 is 1.76 bits per heavy atom. The molecule has 0 saturated carbocycles. The molecule has 4 aromatic rings. The number of rotatable bonds is 3. The van der Waals surface area contributed by atoms with Crippen molar-refractivity contribution in [3.63, 3.8) is 0 Å². The van der Waals surface area contributed by atoms with Gasteiger partial charge >= 0.3 is 6.18 Å². The summed E-state index contributed by atoms with van der Waals surface area (Å²) in [6.45, 7) is 0. The fourth-order valence-electron chi connectivity index (χ4n) is 6.52. The van der Waals surface area contributed by atoms with Crippen LogP contribution in [0.2, 0.25) is 0 Å². The summed E-state index contributed by atoms with van der Waals surface area (Å²) < 4.78 is 40.1. The predicted octanol–water partition coefficient (Wildman–Crippen LogP) is 5.40. The number of aromatic amines is 1. The van der Waals surface area contributed by atoms with E-state index in [2.05, 4.69) is 20.2 Å². The maximum absolute atomic E-state index is 14.5. The molecule has 10 heteroatoms. The number of anilines is 1. The van der Waals surface area contributed by atoms with Gasteiger partial charge in [-0.1, -0.05) is 42.5 Å². The Morgan fingerprint density at radius 1 is 1.03 bits per heavy atom. The van der Waals surface area contributed by atoms with Crippen molar-refractivity contribution in [2.45, 2.75) is 23.7 Å². The van der Waals surface area contributed by atoms with E-state index in [0.717, 1.165) is 12.1 Å². The molecule has 7 rings (SSSR count). The second kappa shape index (κ2) is 8.18. The lowest BCUT2D eigenvalue weighted by Crippen LogP contribution is -2.52. The predicted molar refractivity (Wildman–Crippen MR) is 138 cm³/mol. The Kier molecular flexibility index (Phi) is 5.06. The molecule has 0 radical (unpaired) electrons. The number of halogens is 3. The number of hydrogen-bond acceptors (Lipinski definition) is 5. The highest BCUT2D eigenvalue weighted by Gasteiger charge is 2.69. The minimum Gasteiger partial charge on any atom is -0.335 e. The monoisotopic (exact) mass is 534 g/mol. The van der Waals surface area contributed by atoms with Gasteiger partial charge in [-0.2, -0.15) is 13.2 Å². The fraction of sp³-hybridized carbons (Fsp3) is 0.250. The van der Waals surface area contributed by atoms with Gasteiger partial charge in [0.15, 0.2) is 5.82 Å². The summed E-state index contributed by atoms with van der Waals surface area (Å²) in [5.74, 6) is -0.759. The average molecular weight is 535 g/mol. The van der Waals surface area contributed by atoms with E-state index < -0.39 is 29.1 Å². The molecule has 6 nitrogen and oxygen atoms in total. The molecule has 3 aromatic carbocycles. The zero-order valence-corrected chi connectivity index (χ0v) is 20.6. The van der Waals surface area contributed by atoms with E-state index in [9.17, 15) is 22.8 Å². The number of fused-ring (bicyclic) bond motifs is 5. The summed E-state index contributed by atoms with van der Waals surface area (Å²) >= 11 is 1.65. The highest BCUT2D eigenvalue weighted by atomic mass is 32.2. The number of ketones is 1. The molecule has 4 heterocycles. The molecule has 38 heavy (non-hydrogen) atoms. The van der Waals surface area contributed by atoms with Crippen molar-refractivity contribution < 1.29 is 22.8 Å². The number of carbonyl (C=O) groups excluding carboxylic acids is 2. The van der Waals surface area contributed by atoms with Crippen LogP contribution in [0.1, 0.15) is 33.2 Å². The molecule has 2 saturated heterocycles. The van der Waals surface area contributed by atoms with Crippen molar-refractivity contribution in [3.05, 3.63) is 95.3 Å². The zero-order chi connectivity index (χ0) is 26.2. The molecule has 0 aliphatic carbocycles. The van der Waals surface area contributed by atoms with Gasteiger partial charge in [0.25, 0.3) is 0 Å². The number of benzene rings is 3. The number of amides is 1. The Bertz CT molecular complexity index is 1570. The Balaban J connectivity index is 1.45. The second-order valence-electron chi connectivity index (χ2n) is 9.89. The number of carbonyl (C=O) groups is 2. The highest BCUT2D eigenvalue weighted by molar-refractivity contribution is 7.99. The SMILES string of the molecule is O=C(c1nc2ccccc2[nH]1)C1C(c2ccc(C(F)(F)F)cc2)C2CSCN2[C@@]12C(=O)Nc1ccccc12. The van der Waals surface area contributed by atoms with Crippen molar-refractivity contribution in [2.75, 3.05) is 16.9 Å². The van der Waals surface area contributed by atoms with Crippen LogP contribution in [0.25, 0.3) is 11.0 Å². The first-order chi connectivity index (χ1) is 18.3. The van der Waals surface area contributed by atoms with Crippen LogP contribution < -0.4 is 5.32 Å². The molecule has 1 spiro atoms. The molecule has 2 fully saturated rings. The third kappa shape index (κ3) is 3.16. The molecular formula is C28H21F3N4O2S. The van der Waals surface area contributed by atoms with Crippen molar-refractivity contribution in [2.24, 2.45) is 5.92 Å². The van der Waals surface area contributed by atoms with Crippen LogP contribution in [0.3, 0.4) is 0 Å². The van der Waals surface area contributed by atoms with Gasteiger partial charge < -0.3 is 10.3 Å².